The van der Waals surface area contributed by atoms with Crippen molar-refractivity contribution in [3.05, 3.63) is 122 Å². The van der Waals surface area contributed by atoms with Gasteiger partial charge in [-0.2, -0.15) is 0 Å². The molecule has 0 N–H and O–H groups in total. The molecule has 10 heteroatoms. The van der Waals surface area contributed by atoms with Crippen LogP contribution in [0.3, 0.4) is 0 Å². The summed E-state index contributed by atoms with van der Waals surface area (Å²) in [5, 5.41) is 0. The quantitative estimate of drug-likeness (QED) is 0.0195. The molecule has 0 radical (unpaired) electrons. The molecule has 506 valence electrons. The zero-order chi connectivity index (χ0) is 64.1. The van der Waals surface area contributed by atoms with Gasteiger partial charge in [0.1, 0.15) is 19.8 Å². The molecule has 0 amide bonds. The maximum absolute atomic E-state index is 12.9. The first-order valence-electron chi connectivity index (χ1n) is 36.2. The minimum Gasteiger partial charge on any atom is -0.756 e. The Morgan fingerprint density at radius 2 is 0.614 bits per heavy atom. The number of hydrogen-bond donors (Lipinski definition) is 0. The van der Waals surface area contributed by atoms with Gasteiger partial charge in [0, 0.05) is 12.8 Å². The Hall–Kier alpha value is -3.59. The van der Waals surface area contributed by atoms with Crippen LogP contribution >= 0.6 is 7.82 Å². The molecule has 2 unspecified atom stereocenters. The molecule has 9 nitrogen and oxygen atoms in total. The van der Waals surface area contributed by atoms with E-state index in [9.17, 15) is 19.0 Å². The maximum atomic E-state index is 12.9. The van der Waals surface area contributed by atoms with E-state index >= 15 is 0 Å². The Morgan fingerprint density at radius 1 is 0.352 bits per heavy atom. The SMILES string of the molecule is CC/C=C\C/C=C\C/C=C\C/C=C\C/C=C\C/C=C\CCCCCCCCCCCCCCCCC(=O)OC(COC(=O)CCCCCCCCCCCCCCCCCCCC/C=C\C/C=C\C/C=C\C/C=C\CC)COP(=O)([O-])OCC[N+](C)(C)C. The van der Waals surface area contributed by atoms with Gasteiger partial charge in [0.25, 0.3) is 7.82 Å². The molecule has 0 aromatic carbocycles. The van der Waals surface area contributed by atoms with Crippen molar-refractivity contribution < 1.29 is 42.1 Å². The fraction of sp³-hybridized carbons (Fsp3) is 0.718. The van der Waals surface area contributed by atoms with Gasteiger partial charge in [0.15, 0.2) is 6.10 Å². The van der Waals surface area contributed by atoms with Gasteiger partial charge >= 0.3 is 11.9 Å². The van der Waals surface area contributed by atoms with Gasteiger partial charge in [-0.15, -0.1) is 0 Å². The highest BCUT2D eigenvalue weighted by atomic mass is 31.2. The molecule has 0 spiro atoms. The van der Waals surface area contributed by atoms with Crippen LogP contribution in [0.4, 0.5) is 0 Å². The summed E-state index contributed by atoms with van der Waals surface area (Å²) in [7, 11) is 1.17. The molecular weight excluding hydrogens is 1110 g/mol. The number of quaternary nitrogens is 1. The van der Waals surface area contributed by atoms with E-state index in [1.54, 1.807) is 0 Å². The van der Waals surface area contributed by atoms with E-state index in [1.807, 2.05) is 21.1 Å². The molecule has 0 fully saturated rings. The van der Waals surface area contributed by atoms with Crippen molar-refractivity contribution in [3.63, 3.8) is 0 Å². The molecule has 0 aromatic heterocycles. The number of likely N-dealkylation sites (N-methyl/N-ethyl adjacent to an activating group) is 1. The molecule has 0 aliphatic heterocycles. The van der Waals surface area contributed by atoms with Crippen molar-refractivity contribution >= 4 is 19.8 Å². The van der Waals surface area contributed by atoms with Crippen LogP contribution < -0.4 is 4.89 Å². The van der Waals surface area contributed by atoms with Crippen LogP contribution in [0.25, 0.3) is 0 Å². The molecule has 0 rings (SSSR count). The molecule has 2 atom stereocenters. The molecule has 0 aromatic rings. The number of rotatable bonds is 66. The van der Waals surface area contributed by atoms with Gasteiger partial charge in [-0.3, -0.25) is 14.2 Å². The molecule has 0 bridgehead atoms. The van der Waals surface area contributed by atoms with Crippen LogP contribution in [0.15, 0.2) is 122 Å². The Kier molecular flexibility index (Phi) is 65.0. The number of allylic oxidation sites excluding steroid dienone is 20. The molecule has 0 saturated carbocycles. The zero-order valence-corrected chi connectivity index (χ0v) is 58.5. The van der Waals surface area contributed by atoms with Gasteiger partial charge in [-0.1, -0.05) is 315 Å². The lowest BCUT2D eigenvalue weighted by atomic mass is 10.0. The van der Waals surface area contributed by atoms with Crippen LogP contribution in [0.5, 0.6) is 0 Å². The van der Waals surface area contributed by atoms with Crippen molar-refractivity contribution in [2.75, 3.05) is 47.5 Å². The number of nitrogens with zero attached hydrogens (tertiary/aromatic N) is 1. The molecule has 0 aliphatic rings. The number of esters is 2. The third kappa shape index (κ3) is 71.5. The monoisotopic (exact) mass is 1250 g/mol. The Labute approximate surface area is 543 Å². The van der Waals surface area contributed by atoms with Crippen molar-refractivity contribution in [1.82, 2.24) is 0 Å². The van der Waals surface area contributed by atoms with Gasteiger partial charge < -0.3 is 27.9 Å². The fourth-order valence-corrected chi connectivity index (χ4v) is 10.7. The van der Waals surface area contributed by atoms with E-state index in [-0.39, 0.29) is 32.0 Å². The Bertz CT molecular complexity index is 1900. The number of unbranched alkanes of at least 4 members (excludes halogenated alkanes) is 32. The summed E-state index contributed by atoms with van der Waals surface area (Å²) in [5.74, 6) is -0.827. The summed E-state index contributed by atoms with van der Waals surface area (Å²) in [6.45, 7) is 4.04. The van der Waals surface area contributed by atoms with Crippen molar-refractivity contribution in [2.45, 2.75) is 315 Å². The predicted octanol–water partition coefficient (Wildman–Crippen LogP) is 23.2. The van der Waals surface area contributed by atoms with E-state index < -0.39 is 26.5 Å². The second-order valence-corrected chi connectivity index (χ2v) is 26.6. The highest BCUT2D eigenvalue weighted by Crippen LogP contribution is 2.38. The summed E-state index contributed by atoms with van der Waals surface area (Å²) < 4.78 is 34.4. The highest BCUT2D eigenvalue weighted by Gasteiger charge is 2.22. The van der Waals surface area contributed by atoms with Gasteiger partial charge in [0.05, 0.1) is 27.7 Å². The van der Waals surface area contributed by atoms with E-state index in [0.29, 0.717) is 17.4 Å². The molecular formula is C78H136NO8P. The number of phosphoric ester groups is 1. The van der Waals surface area contributed by atoms with E-state index in [2.05, 4.69) is 135 Å². The third-order valence-electron chi connectivity index (χ3n) is 15.5. The molecule has 0 saturated heterocycles. The molecule has 0 heterocycles. The van der Waals surface area contributed by atoms with Crippen LogP contribution in [0, 0.1) is 0 Å². The average Bonchev–Trinajstić information content (AvgIpc) is 3.56. The smallest absolute Gasteiger partial charge is 0.306 e. The minimum absolute atomic E-state index is 0.0339. The number of ether oxygens (including phenoxy) is 2. The summed E-state index contributed by atoms with van der Waals surface area (Å²) in [5.41, 5.74) is 0. The largest absolute Gasteiger partial charge is 0.756 e. The van der Waals surface area contributed by atoms with Crippen LogP contribution in [-0.4, -0.2) is 70.0 Å². The van der Waals surface area contributed by atoms with E-state index in [1.165, 1.54) is 173 Å². The number of hydrogen-bond acceptors (Lipinski definition) is 8. The van der Waals surface area contributed by atoms with Crippen LogP contribution in [0.1, 0.15) is 309 Å². The second kappa shape index (κ2) is 67.8. The van der Waals surface area contributed by atoms with Crippen molar-refractivity contribution in [3.8, 4) is 0 Å². The molecule has 0 aliphatic carbocycles. The Balaban J connectivity index is 4.03. The lowest BCUT2D eigenvalue weighted by molar-refractivity contribution is -0.870. The number of carbonyl (C=O) groups excluding carboxylic acids is 2. The van der Waals surface area contributed by atoms with Crippen molar-refractivity contribution in [2.24, 2.45) is 0 Å². The third-order valence-corrected chi connectivity index (χ3v) is 16.4. The van der Waals surface area contributed by atoms with E-state index in [4.69, 9.17) is 18.5 Å². The average molecular weight is 1250 g/mol. The lowest BCUT2D eigenvalue weighted by Gasteiger charge is -2.28. The number of carbonyl (C=O) groups is 2. The standard InChI is InChI=1S/C78H136NO8P/c1-6-8-10-12-14-16-18-20-22-24-26-28-30-32-34-36-38-39-41-43-45-47-49-51-53-55-57-59-61-63-65-67-69-71-78(81)87-76(75-86-88(82,83)85-73-72-79(3,4)5)74-84-77(80)70-68-66-64-62-60-58-56-54-52-50-48-46-44-42-40-37-35-33-31-29-27-25-23-21-19-17-15-13-11-9-7-2/h8-11,14-17,20-23,26-29,32,34,38-39,76H,6-7,12-13,18-19,24-25,30-31,33,35-37,40-75H2,1-5H3/b10-8-,11-9-,16-14-,17-15-,22-20-,23-21-,28-26-,29-27-,34-32-,39-38-. The van der Waals surface area contributed by atoms with Gasteiger partial charge in [-0.25, -0.2) is 0 Å². The van der Waals surface area contributed by atoms with Crippen LogP contribution in [-0.2, 0) is 32.7 Å². The topological polar surface area (TPSA) is 111 Å². The predicted molar refractivity (Wildman–Crippen MR) is 378 cm³/mol. The van der Waals surface area contributed by atoms with Gasteiger partial charge in [0.2, 0.25) is 0 Å². The highest BCUT2D eigenvalue weighted by molar-refractivity contribution is 7.45. The van der Waals surface area contributed by atoms with E-state index in [0.717, 1.165) is 103 Å². The summed E-state index contributed by atoms with van der Waals surface area (Å²) in [6.07, 6.45) is 97.1. The first kappa shape index (κ1) is 84.4. The number of phosphoric acid groups is 1. The summed E-state index contributed by atoms with van der Waals surface area (Å²) >= 11 is 0. The lowest BCUT2D eigenvalue weighted by Crippen LogP contribution is -2.37. The minimum atomic E-state index is -4.65. The summed E-state index contributed by atoms with van der Waals surface area (Å²) in [4.78, 5) is 38.1. The fourth-order valence-electron chi connectivity index (χ4n) is 10.0. The Morgan fingerprint density at radius 3 is 0.909 bits per heavy atom. The second-order valence-electron chi connectivity index (χ2n) is 25.2. The van der Waals surface area contributed by atoms with Gasteiger partial charge in [-0.05, 0) is 103 Å². The summed E-state index contributed by atoms with van der Waals surface area (Å²) in [6, 6.07) is 0. The first-order valence-corrected chi connectivity index (χ1v) is 37.7. The van der Waals surface area contributed by atoms with Crippen LogP contribution in [0.2, 0.25) is 0 Å². The normalized spacial score (nSPS) is 13.8. The van der Waals surface area contributed by atoms with Crippen molar-refractivity contribution in [1.29, 1.82) is 0 Å². The first-order chi connectivity index (χ1) is 43.0. The zero-order valence-electron chi connectivity index (χ0n) is 57.6. The maximum Gasteiger partial charge on any atom is 0.306 e. The molecule has 88 heavy (non-hydrogen) atoms.